The number of aryl methyl sites for hydroxylation is 1. The van der Waals surface area contributed by atoms with Gasteiger partial charge in [-0.1, -0.05) is 72.8 Å². The van der Waals surface area contributed by atoms with Crippen LogP contribution in [0.4, 0.5) is 0 Å². The lowest BCUT2D eigenvalue weighted by Crippen LogP contribution is -2.32. The van der Waals surface area contributed by atoms with E-state index in [1.54, 1.807) is 0 Å². The second kappa shape index (κ2) is 10.1. The van der Waals surface area contributed by atoms with Gasteiger partial charge in [-0.3, -0.25) is 0 Å². The van der Waals surface area contributed by atoms with Crippen molar-refractivity contribution >= 4 is 0 Å². The van der Waals surface area contributed by atoms with E-state index < -0.39 is 0 Å². The number of benzene rings is 3. The van der Waals surface area contributed by atoms with Gasteiger partial charge in [-0.25, -0.2) is 4.98 Å². The van der Waals surface area contributed by atoms with Crippen LogP contribution in [0.1, 0.15) is 71.0 Å². The summed E-state index contributed by atoms with van der Waals surface area (Å²) in [5, 5.41) is 13.0. The maximum Gasteiger partial charge on any atom is 0.106 e. The number of nitrogens with zero attached hydrogens (tertiary/aromatic N) is 3. The summed E-state index contributed by atoms with van der Waals surface area (Å²) in [7, 11) is 0. The molecule has 1 aliphatic rings. The van der Waals surface area contributed by atoms with Crippen molar-refractivity contribution in [1.29, 1.82) is 5.26 Å². The molecule has 2 atom stereocenters. The highest BCUT2D eigenvalue weighted by Crippen LogP contribution is 2.37. The molecule has 4 heteroatoms. The highest BCUT2D eigenvalue weighted by atomic mass is 15.1. The minimum absolute atomic E-state index is 0.268. The molecule has 0 bridgehead atoms. The topological polar surface area (TPSA) is 53.6 Å². The minimum atomic E-state index is 0.268. The zero-order valence-electron chi connectivity index (χ0n) is 19.6. The van der Waals surface area contributed by atoms with Crippen LogP contribution in [0.15, 0.2) is 91.1 Å². The van der Waals surface area contributed by atoms with Gasteiger partial charge in [0.05, 0.1) is 29.6 Å². The fraction of sp³-hybridized carbons (Fsp3) is 0.267. The van der Waals surface area contributed by atoms with Crippen molar-refractivity contribution in [2.45, 2.75) is 44.2 Å². The van der Waals surface area contributed by atoms with Gasteiger partial charge in [0.1, 0.15) is 5.82 Å². The zero-order valence-corrected chi connectivity index (χ0v) is 19.6. The summed E-state index contributed by atoms with van der Waals surface area (Å²) < 4.78 is 2.38. The van der Waals surface area contributed by atoms with E-state index >= 15 is 0 Å². The average Bonchev–Trinajstić information content (AvgIpc) is 3.29. The Bertz CT molecular complexity index is 1210. The third-order valence-corrected chi connectivity index (χ3v) is 7.06. The molecule has 1 N–H and O–H groups in total. The second-order valence-corrected chi connectivity index (χ2v) is 9.10. The number of nitrogens with one attached hydrogen (secondary N) is 1. The molecule has 0 radical (unpaired) electrons. The molecule has 0 amide bonds. The summed E-state index contributed by atoms with van der Waals surface area (Å²) in [5.74, 6) is 1.42. The number of hydrogen-bond donors (Lipinski definition) is 1. The molecule has 5 rings (SSSR count). The summed E-state index contributed by atoms with van der Waals surface area (Å²) >= 11 is 0. The van der Waals surface area contributed by atoms with Crippen LogP contribution in [0.5, 0.6) is 0 Å². The maximum atomic E-state index is 9.14. The van der Waals surface area contributed by atoms with E-state index in [0.717, 1.165) is 31.6 Å². The number of rotatable bonds is 7. The number of imidazole rings is 1. The van der Waals surface area contributed by atoms with Gasteiger partial charge >= 0.3 is 0 Å². The van der Waals surface area contributed by atoms with E-state index in [9.17, 15) is 0 Å². The van der Waals surface area contributed by atoms with Crippen molar-refractivity contribution in [2.75, 3.05) is 6.54 Å². The zero-order chi connectivity index (χ0) is 23.3. The van der Waals surface area contributed by atoms with Crippen molar-refractivity contribution in [1.82, 2.24) is 14.9 Å². The smallest absolute Gasteiger partial charge is 0.106 e. The first-order valence-corrected chi connectivity index (χ1v) is 12.1. The lowest BCUT2D eigenvalue weighted by atomic mass is 9.88. The number of hydrogen-bond acceptors (Lipinski definition) is 3. The predicted octanol–water partition coefficient (Wildman–Crippen LogP) is 6.30. The quantitative estimate of drug-likeness (QED) is 0.362. The summed E-state index contributed by atoms with van der Waals surface area (Å²) in [6, 6.07) is 32.4. The van der Waals surface area contributed by atoms with Crippen LogP contribution in [0.3, 0.4) is 0 Å². The Kier molecular flexibility index (Phi) is 6.56. The van der Waals surface area contributed by atoms with Crippen LogP contribution in [-0.2, 0) is 0 Å². The van der Waals surface area contributed by atoms with Crippen LogP contribution < -0.4 is 5.32 Å². The van der Waals surface area contributed by atoms with Crippen molar-refractivity contribution < 1.29 is 0 Å². The lowest BCUT2D eigenvalue weighted by Gasteiger charge is -2.33. The first-order valence-electron chi connectivity index (χ1n) is 12.1. The Morgan fingerprint density at radius 3 is 2.21 bits per heavy atom. The normalized spacial score (nSPS) is 17.3. The van der Waals surface area contributed by atoms with E-state index in [0.29, 0.717) is 17.5 Å². The van der Waals surface area contributed by atoms with Gasteiger partial charge in [-0.15, -0.1) is 0 Å². The first-order chi connectivity index (χ1) is 16.7. The molecule has 4 nitrogen and oxygen atoms in total. The van der Waals surface area contributed by atoms with Crippen LogP contribution >= 0.6 is 0 Å². The summed E-state index contributed by atoms with van der Waals surface area (Å²) in [6.45, 7) is 3.02. The van der Waals surface area contributed by atoms with Crippen LogP contribution in [0.25, 0.3) is 0 Å². The molecule has 170 valence electrons. The predicted molar refractivity (Wildman–Crippen MR) is 136 cm³/mol. The third-order valence-electron chi connectivity index (χ3n) is 7.06. The summed E-state index contributed by atoms with van der Waals surface area (Å²) in [4.78, 5) is 4.67. The van der Waals surface area contributed by atoms with Crippen molar-refractivity contribution in [3.05, 3.63) is 125 Å². The van der Waals surface area contributed by atoms with E-state index in [1.165, 1.54) is 22.4 Å². The Morgan fingerprint density at radius 2 is 1.59 bits per heavy atom. The number of aromatic nitrogens is 2. The van der Waals surface area contributed by atoms with Gasteiger partial charge in [0.15, 0.2) is 0 Å². The van der Waals surface area contributed by atoms with Gasteiger partial charge in [0, 0.05) is 12.0 Å². The van der Waals surface area contributed by atoms with E-state index in [2.05, 4.69) is 101 Å². The van der Waals surface area contributed by atoms with Gasteiger partial charge in [-0.2, -0.15) is 5.26 Å². The lowest BCUT2D eigenvalue weighted by molar-refractivity contribution is 0.353. The Morgan fingerprint density at radius 1 is 0.941 bits per heavy atom. The molecule has 1 aromatic heterocycles. The maximum absolute atomic E-state index is 9.14. The largest absolute Gasteiger partial charge is 0.323 e. The third kappa shape index (κ3) is 4.53. The van der Waals surface area contributed by atoms with E-state index in [-0.39, 0.29) is 6.04 Å². The molecule has 4 aromatic rings. The Hall–Kier alpha value is -3.68. The van der Waals surface area contributed by atoms with Gasteiger partial charge < -0.3 is 9.88 Å². The van der Waals surface area contributed by atoms with Crippen molar-refractivity contribution in [3.63, 3.8) is 0 Å². The van der Waals surface area contributed by atoms with E-state index in [4.69, 9.17) is 5.26 Å². The minimum Gasteiger partial charge on any atom is -0.323 e. The monoisotopic (exact) mass is 446 g/mol. The molecule has 0 saturated heterocycles. The molecular weight excluding hydrogens is 416 g/mol. The van der Waals surface area contributed by atoms with E-state index in [1.807, 2.05) is 18.3 Å². The summed E-state index contributed by atoms with van der Waals surface area (Å²) in [5.41, 5.74) is 5.93. The molecule has 2 heterocycles. The van der Waals surface area contributed by atoms with Crippen LogP contribution in [0.2, 0.25) is 0 Å². The van der Waals surface area contributed by atoms with Crippen LogP contribution in [-0.4, -0.2) is 16.1 Å². The van der Waals surface area contributed by atoms with Gasteiger partial charge in [-0.05, 0) is 61.6 Å². The van der Waals surface area contributed by atoms with Crippen molar-refractivity contribution in [3.8, 4) is 6.07 Å². The Balaban J connectivity index is 1.32. The number of fused-ring (bicyclic) bond motifs is 1. The second-order valence-electron chi connectivity index (χ2n) is 9.10. The molecule has 0 unspecified atom stereocenters. The highest BCUT2D eigenvalue weighted by molar-refractivity contribution is 5.35. The average molecular weight is 447 g/mol. The first kappa shape index (κ1) is 22.1. The molecule has 0 spiro atoms. The van der Waals surface area contributed by atoms with Crippen molar-refractivity contribution in [2.24, 2.45) is 0 Å². The fourth-order valence-corrected chi connectivity index (χ4v) is 5.34. The molecular formula is C30H30N4. The van der Waals surface area contributed by atoms with Crippen LogP contribution in [0, 0.1) is 18.3 Å². The molecule has 1 aliphatic heterocycles. The fourth-order valence-electron chi connectivity index (χ4n) is 5.34. The van der Waals surface area contributed by atoms with Gasteiger partial charge in [0.2, 0.25) is 0 Å². The Labute approximate surface area is 201 Å². The highest BCUT2D eigenvalue weighted by Gasteiger charge is 2.29. The molecule has 34 heavy (non-hydrogen) atoms. The summed E-state index contributed by atoms with van der Waals surface area (Å²) in [6.07, 6.45) is 5.19. The molecule has 0 fully saturated rings. The number of nitriles is 1. The molecule has 0 aliphatic carbocycles. The SMILES string of the molecule is Cc1ncc2n1[C@@H](c1ccc(C#N)cc1)CC[C@H]2NCCC(c1ccccc1)c1ccccc1. The van der Waals surface area contributed by atoms with Gasteiger partial charge in [0.25, 0.3) is 0 Å². The standard InChI is InChI=1S/C30H30N4/c1-22-33-21-30-28(16-17-29(34(22)30)26-14-12-23(20-31)13-15-26)32-19-18-27(24-8-4-2-5-9-24)25-10-6-3-7-11-25/h2-15,21,27-29,32H,16-19H2,1H3/t28-,29-/m1/s1. The molecule has 0 saturated carbocycles. The molecule has 3 aromatic carbocycles.